The fraction of sp³-hybridized carbons (Fsp3) is 0.846. The quantitative estimate of drug-likeness (QED) is 0.736. The Morgan fingerprint density at radius 3 is 2.61 bits per heavy atom. The lowest BCUT2D eigenvalue weighted by Crippen LogP contribution is -2.40. The van der Waals surface area contributed by atoms with Crippen molar-refractivity contribution in [2.45, 2.75) is 46.3 Å². The van der Waals surface area contributed by atoms with Crippen molar-refractivity contribution >= 4 is 11.8 Å². The summed E-state index contributed by atoms with van der Waals surface area (Å²) in [6, 6.07) is 0. The zero-order chi connectivity index (χ0) is 13.7. The fourth-order valence-corrected chi connectivity index (χ4v) is 2.68. The van der Waals surface area contributed by atoms with Crippen molar-refractivity contribution in [2.24, 2.45) is 11.8 Å². The molecule has 0 spiro atoms. The minimum absolute atomic E-state index is 0.0292. The van der Waals surface area contributed by atoms with Crippen LogP contribution >= 0.6 is 0 Å². The number of nitrogens with one attached hydrogen (secondary N) is 1. The minimum Gasteiger partial charge on any atom is -0.373 e. The molecule has 0 aromatic heterocycles. The Morgan fingerprint density at radius 2 is 2.11 bits per heavy atom. The van der Waals surface area contributed by atoms with Gasteiger partial charge in [0, 0.05) is 32.4 Å². The van der Waals surface area contributed by atoms with Gasteiger partial charge in [0.2, 0.25) is 11.8 Å². The third-order valence-corrected chi connectivity index (χ3v) is 3.77. The van der Waals surface area contributed by atoms with E-state index in [9.17, 15) is 14.7 Å². The zero-order valence-corrected chi connectivity index (χ0v) is 11.5. The van der Waals surface area contributed by atoms with E-state index in [0.29, 0.717) is 25.4 Å². The van der Waals surface area contributed by atoms with Gasteiger partial charge in [-0.15, -0.1) is 0 Å². The number of nitrogens with zero attached hydrogens (tertiary/aromatic N) is 1. The van der Waals surface area contributed by atoms with Gasteiger partial charge in [-0.25, -0.2) is 0 Å². The Bertz CT molecular complexity index is 303. The third-order valence-electron chi connectivity index (χ3n) is 3.77. The highest BCUT2D eigenvalue weighted by atomic mass is 16.3. The first-order valence-electron chi connectivity index (χ1n) is 6.74. The summed E-state index contributed by atoms with van der Waals surface area (Å²) in [6.45, 7) is 6.38. The van der Waals surface area contributed by atoms with Crippen molar-refractivity contribution in [3.63, 3.8) is 0 Å². The summed E-state index contributed by atoms with van der Waals surface area (Å²) in [5.41, 5.74) is 0. The van der Waals surface area contributed by atoms with Crippen LogP contribution in [0.25, 0.3) is 0 Å². The molecule has 2 amide bonds. The molecule has 5 nitrogen and oxygen atoms in total. The lowest BCUT2D eigenvalue weighted by Gasteiger charge is -2.22. The zero-order valence-electron chi connectivity index (χ0n) is 11.5. The van der Waals surface area contributed by atoms with Crippen molar-refractivity contribution in [3.8, 4) is 0 Å². The maximum Gasteiger partial charge on any atom is 0.228 e. The van der Waals surface area contributed by atoms with Crippen molar-refractivity contribution in [3.05, 3.63) is 0 Å². The first kappa shape index (κ1) is 15.0. The van der Waals surface area contributed by atoms with Gasteiger partial charge in [-0.05, 0) is 5.92 Å². The van der Waals surface area contributed by atoms with Crippen LogP contribution in [0.3, 0.4) is 0 Å². The highest BCUT2D eigenvalue weighted by Crippen LogP contribution is 2.32. The van der Waals surface area contributed by atoms with E-state index in [1.807, 2.05) is 0 Å². The van der Waals surface area contributed by atoms with Crippen LogP contribution in [0.4, 0.5) is 0 Å². The van der Waals surface area contributed by atoms with Crippen LogP contribution in [0.5, 0.6) is 0 Å². The topological polar surface area (TPSA) is 69.6 Å². The number of likely N-dealkylation sites (tertiary alicyclic amines) is 1. The lowest BCUT2D eigenvalue weighted by atomic mass is 9.86. The molecule has 0 bridgehead atoms. The van der Waals surface area contributed by atoms with E-state index in [-0.39, 0.29) is 17.7 Å². The molecule has 0 aromatic rings. The highest BCUT2D eigenvalue weighted by Gasteiger charge is 2.41. The molecular formula is C13H24N2O3. The van der Waals surface area contributed by atoms with Crippen LogP contribution in [0, 0.1) is 11.8 Å². The standard InChI is InChI=1S/C13H24N2O3/c1-4-10(5-2)11-8-12(17)15(13(11)18)7-6-14-9(3)16/h10-12,17H,4-8H2,1-3H3,(H,14,16). The highest BCUT2D eigenvalue weighted by molar-refractivity contribution is 5.81. The van der Waals surface area contributed by atoms with Gasteiger partial charge in [-0.3, -0.25) is 9.59 Å². The van der Waals surface area contributed by atoms with Crippen molar-refractivity contribution in [1.29, 1.82) is 0 Å². The van der Waals surface area contributed by atoms with Gasteiger partial charge in [-0.1, -0.05) is 26.7 Å². The average molecular weight is 256 g/mol. The lowest BCUT2D eigenvalue weighted by molar-refractivity contribution is -0.137. The number of rotatable bonds is 6. The number of aliphatic hydroxyl groups excluding tert-OH is 1. The van der Waals surface area contributed by atoms with Crippen LogP contribution in [0.15, 0.2) is 0 Å². The maximum absolute atomic E-state index is 12.2. The van der Waals surface area contributed by atoms with Crippen LogP contribution < -0.4 is 5.32 Å². The predicted molar refractivity (Wildman–Crippen MR) is 68.6 cm³/mol. The Labute approximate surface area is 109 Å². The second kappa shape index (κ2) is 6.73. The molecule has 0 radical (unpaired) electrons. The number of hydrogen-bond acceptors (Lipinski definition) is 3. The third kappa shape index (κ3) is 3.45. The molecule has 1 saturated heterocycles. The largest absolute Gasteiger partial charge is 0.373 e. The monoisotopic (exact) mass is 256 g/mol. The fourth-order valence-electron chi connectivity index (χ4n) is 2.68. The number of carbonyl (C=O) groups excluding carboxylic acids is 2. The van der Waals surface area contributed by atoms with Crippen molar-refractivity contribution < 1.29 is 14.7 Å². The molecule has 2 unspecified atom stereocenters. The number of carbonyl (C=O) groups is 2. The summed E-state index contributed by atoms with van der Waals surface area (Å²) in [4.78, 5) is 24.5. The molecule has 18 heavy (non-hydrogen) atoms. The SMILES string of the molecule is CCC(CC)C1CC(O)N(CCNC(C)=O)C1=O. The molecule has 104 valence electrons. The molecule has 1 aliphatic rings. The number of aliphatic hydroxyl groups is 1. The Kier molecular flexibility index (Phi) is 5.59. The van der Waals surface area contributed by atoms with Gasteiger partial charge in [0.15, 0.2) is 0 Å². The van der Waals surface area contributed by atoms with Gasteiger partial charge in [0.05, 0.1) is 0 Å². The second-order valence-electron chi connectivity index (χ2n) is 4.91. The number of amides is 2. The average Bonchev–Trinajstić information content (AvgIpc) is 2.58. The molecule has 0 aromatic carbocycles. The molecule has 1 aliphatic heterocycles. The Balaban J connectivity index is 2.55. The molecule has 5 heteroatoms. The molecule has 1 fully saturated rings. The first-order chi connectivity index (χ1) is 8.51. The van der Waals surface area contributed by atoms with Gasteiger partial charge in [-0.2, -0.15) is 0 Å². The van der Waals surface area contributed by atoms with Gasteiger partial charge < -0.3 is 15.3 Å². The summed E-state index contributed by atoms with van der Waals surface area (Å²) < 4.78 is 0. The molecular weight excluding hydrogens is 232 g/mol. The summed E-state index contributed by atoms with van der Waals surface area (Å²) in [5, 5.41) is 12.6. The van der Waals surface area contributed by atoms with Gasteiger partial charge in [0.1, 0.15) is 6.23 Å². The molecule has 2 atom stereocenters. The van der Waals surface area contributed by atoms with Crippen LogP contribution in [0.1, 0.15) is 40.0 Å². The molecule has 1 heterocycles. The van der Waals surface area contributed by atoms with Crippen LogP contribution in [-0.4, -0.2) is 41.1 Å². The first-order valence-corrected chi connectivity index (χ1v) is 6.74. The van der Waals surface area contributed by atoms with E-state index in [0.717, 1.165) is 12.8 Å². The Morgan fingerprint density at radius 1 is 1.50 bits per heavy atom. The van der Waals surface area contributed by atoms with Gasteiger partial charge in [0.25, 0.3) is 0 Å². The van der Waals surface area contributed by atoms with Crippen molar-refractivity contribution in [1.82, 2.24) is 10.2 Å². The van der Waals surface area contributed by atoms with E-state index in [1.165, 1.54) is 11.8 Å². The second-order valence-corrected chi connectivity index (χ2v) is 4.91. The van der Waals surface area contributed by atoms with E-state index in [1.54, 1.807) is 0 Å². The van der Waals surface area contributed by atoms with E-state index in [2.05, 4.69) is 19.2 Å². The number of hydrogen-bond donors (Lipinski definition) is 2. The van der Waals surface area contributed by atoms with Crippen LogP contribution in [0.2, 0.25) is 0 Å². The summed E-state index contributed by atoms with van der Waals surface area (Å²) in [6.07, 6.45) is 1.74. The summed E-state index contributed by atoms with van der Waals surface area (Å²) in [7, 11) is 0. The summed E-state index contributed by atoms with van der Waals surface area (Å²) in [5.74, 6) is 0.194. The van der Waals surface area contributed by atoms with Crippen molar-refractivity contribution in [2.75, 3.05) is 13.1 Å². The molecule has 0 saturated carbocycles. The summed E-state index contributed by atoms with van der Waals surface area (Å²) >= 11 is 0. The van der Waals surface area contributed by atoms with E-state index < -0.39 is 6.23 Å². The predicted octanol–water partition coefficient (Wildman–Crippen LogP) is 0.726. The smallest absolute Gasteiger partial charge is 0.228 e. The molecule has 1 rings (SSSR count). The normalized spacial score (nSPS) is 23.8. The molecule has 2 N–H and O–H groups in total. The van der Waals surface area contributed by atoms with E-state index >= 15 is 0 Å². The van der Waals surface area contributed by atoms with Gasteiger partial charge >= 0.3 is 0 Å². The minimum atomic E-state index is -0.697. The van der Waals surface area contributed by atoms with E-state index in [4.69, 9.17) is 0 Å². The van der Waals surface area contributed by atoms with Crippen LogP contribution in [-0.2, 0) is 9.59 Å². The molecule has 0 aliphatic carbocycles. The Hall–Kier alpha value is -1.10. The maximum atomic E-state index is 12.2.